The fourth-order valence-corrected chi connectivity index (χ4v) is 3.10. The van der Waals surface area contributed by atoms with Gasteiger partial charge in [0.15, 0.2) is 11.6 Å². The number of hydrogen-bond acceptors (Lipinski definition) is 3. The topological polar surface area (TPSA) is 53.0 Å². The molecule has 146 valence electrons. The first-order valence-corrected chi connectivity index (χ1v) is 9.06. The second kappa shape index (κ2) is 7.88. The van der Waals surface area contributed by atoms with Gasteiger partial charge < -0.3 is 4.90 Å². The largest absolute Gasteiger partial charge is 0.307 e. The Kier molecular flexibility index (Phi) is 5.53. The zero-order chi connectivity index (χ0) is 20.4. The number of aryl methyl sites for hydroxylation is 2. The molecule has 0 fully saturated rings. The molecule has 1 heterocycles. The van der Waals surface area contributed by atoms with Crippen molar-refractivity contribution < 1.29 is 18.4 Å². The van der Waals surface area contributed by atoms with Crippen LogP contribution in [-0.4, -0.2) is 24.1 Å². The molecule has 7 heteroatoms. The number of hydrogen-bond donors (Lipinski definition) is 0. The highest BCUT2D eigenvalue weighted by atomic mass is 19.2. The minimum Gasteiger partial charge on any atom is -0.307 e. The van der Waals surface area contributed by atoms with Crippen LogP contribution >= 0.6 is 0 Å². The van der Waals surface area contributed by atoms with Crippen molar-refractivity contribution in [1.29, 1.82) is 0 Å². The van der Waals surface area contributed by atoms with Gasteiger partial charge in [0.1, 0.15) is 5.71 Å². The fourth-order valence-electron chi connectivity index (χ4n) is 3.10. The van der Waals surface area contributed by atoms with Crippen LogP contribution in [0.2, 0.25) is 0 Å². The molecule has 5 nitrogen and oxygen atoms in total. The molecule has 0 radical (unpaired) electrons. The molecular weight excluding hydrogens is 364 g/mol. The van der Waals surface area contributed by atoms with E-state index in [-0.39, 0.29) is 36.7 Å². The van der Waals surface area contributed by atoms with E-state index in [1.807, 2.05) is 32.0 Å². The molecule has 28 heavy (non-hydrogen) atoms. The molecule has 1 aliphatic rings. The summed E-state index contributed by atoms with van der Waals surface area (Å²) in [7, 11) is 0. The van der Waals surface area contributed by atoms with Crippen LogP contribution in [0.15, 0.2) is 41.5 Å². The van der Waals surface area contributed by atoms with Crippen LogP contribution in [0.5, 0.6) is 0 Å². The molecule has 2 amide bonds. The van der Waals surface area contributed by atoms with Crippen molar-refractivity contribution in [3.05, 3.63) is 59.2 Å². The first-order chi connectivity index (χ1) is 13.3. The minimum absolute atomic E-state index is 0.146. The Hall–Kier alpha value is -3.09. The molecule has 0 atom stereocenters. The fraction of sp³-hybridized carbons (Fsp3) is 0.286. The summed E-state index contributed by atoms with van der Waals surface area (Å²) < 4.78 is 26.8. The predicted octanol–water partition coefficient (Wildman–Crippen LogP) is 4.12. The first-order valence-electron chi connectivity index (χ1n) is 9.06. The van der Waals surface area contributed by atoms with Crippen molar-refractivity contribution in [3.8, 4) is 0 Å². The quantitative estimate of drug-likeness (QED) is 0.795. The lowest BCUT2D eigenvalue weighted by Crippen LogP contribution is -2.42. The summed E-state index contributed by atoms with van der Waals surface area (Å²) in [5.74, 6) is -2.63. The van der Waals surface area contributed by atoms with Crippen molar-refractivity contribution in [3.63, 3.8) is 0 Å². The van der Waals surface area contributed by atoms with Gasteiger partial charge in [-0.15, -0.1) is 0 Å². The number of carbonyl (C=O) groups excluding carboxylic acids is 2. The van der Waals surface area contributed by atoms with Crippen LogP contribution < -0.4 is 9.91 Å². The van der Waals surface area contributed by atoms with E-state index in [1.165, 1.54) is 16.0 Å². The Labute approximate surface area is 162 Å². The van der Waals surface area contributed by atoms with Crippen molar-refractivity contribution >= 4 is 28.9 Å². The molecule has 0 saturated carbocycles. The minimum atomic E-state index is -1.03. The number of nitrogens with zero attached hydrogens (tertiary/aromatic N) is 3. The van der Waals surface area contributed by atoms with Crippen LogP contribution in [0.1, 0.15) is 30.9 Å². The van der Waals surface area contributed by atoms with E-state index in [4.69, 9.17) is 0 Å². The van der Waals surface area contributed by atoms with E-state index in [2.05, 4.69) is 5.10 Å². The van der Waals surface area contributed by atoms with Crippen molar-refractivity contribution in [2.45, 2.75) is 33.6 Å². The molecule has 2 aromatic carbocycles. The molecule has 0 aromatic heterocycles. The van der Waals surface area contributed by atoms with Gasteiger partial charge in [0.2, 0.25) is 5.91 Å². The number of benzene rings is 2. The highest BCUT2D eigenvalue weighted by Gasteiger charge is 2.29. The Morgan fingerprint density at radius 1 is 1.11 bits per heavy atom. The Balaban J connectivity index is 1.96. The summed E-state index contributed by atoms with van der Waals surface area (Å²) in [6.07, 6.45) is 0.340. The van der Waals surface area contributed by atoms with Gasteiger partial charge in [-0.1, -0.05) is 12.1 Å². The lowest BCUT2D eigenvalue weighted by Gasteiger charge is -2.27. The number of carbonyl (C=O) groups is 2. The van der Waals surface area contributed by atoms with Crippen molar-refractivity contribution in [1.82, 2.24) is 0 Å². The van der Waals surface area contributed by atoms with Gasteiger partial charge in [-0.25, -0.2) is 13.8 Å². The van der Waals surface area contributed by atoms with Crippen LogP contribution in [0.3, 0.4) is 0 Å². The van der Waals surface area contributed by atoms with E-state index in [1.54, 1.807) is 6.92 Å². The smallest absolute Gasteiger partial charge is 0.274 e. The number of anilines is 2. The average molecular weight is 385 g/mol. The zero-order valence-corrected chi connectivity index (χ0v) is 16.0. The SMILES string of the molecule is CCN(C(=O)C1=NN(c2cc(C)ccc2C)C(=O)CC1)c1ccc(F)c(F)c1. The van der Waals surface area contributed by atoms with Gasteiger partial charge in [0.25, 0.3) is 5.91 Å². The lowest BCUT2D eigenvalue weighted by molar-refractivity contribution is -0.118. The number of hydrazone groups is 1. The second-order valence-electron chi connectivity index (χ2n) is 6.69. The summed E-state index contributed by atoms with van der Waals surface area (Å²) >= 11 is 0. The Morgan fingerprint density at radius 2 is 1.86 bits per heavy atom. The molecule has 0 aliphatic carbocycles. The van der Waals surface area contributed by atoms with Gasteiger partial charge in [-0.2, -0.15) is 5.10 Å². The monoisotopic (exact) mass is 385 g/mol. The molecular formula is C21H21F2N3O2. The third-order valence-corrected chi connectivity index (χ3v) is 4.65. The van der Waals surface area contributed by atoms with Gasteiger partial charge in [-0.3, -0.25) is 9.59 Å². The number of rotatable bonds is 4. The van der Waals surface area contributed by atoms with Crippen LogP contribution in [0.4, 0.5) is 20.2 Å². The predicted molar refractivity (Wildman–Crippen MR) is 104 cm³/mol. The third-order valence-electron chi connectivity index (χ3n) is 4.65. The zero-order valence-electron chi connectivity index (χ0n) is 16.0. The van der Waals surface area contributed by atoms with Gasteiger partial charge in [-0.05, 0) is 50.1 Å². The van der Waals surface area contributed by atoms with Gasteiger partial charge >= 0.3 is 0 Å². The summed E-state index contributed by atoms with van der Waals surface area (Å²) in [4.78, 5) is 26.7. The number of amides is 2. The molecule has 2 aromatic rings. The summed E-state index contributed by atoms with van der Waals surface area (Å²) in [5.41, 5.74) is 2.91. The van der Waals surface area contributed by atoms with E-state index in [9.17, 15) is 18.4 Å². The van der Waals surface area contributed by atoms with Gasteiger partial charge in [0.05, 0.1) is 5.69 Å². The normalized spacial score (nSPS) is 14.1. The van der Waals surface area contributed by atoms with Crippen LogP contribution in [-0.2, 0) is 9.59 Å². The lowest BCUT2D eigenvalue weighted by atomic mass is 10.1. The maximum Gasteiger partial charge on any atom is 0.274 e. The maximum absolute atomic E-state index is 13.6. The average Bonchev–Trinajstić information content (AvgIpc) is 2.67. The standard InChI is InChI=1S/C21H21F2N3O2/c1-4-25(15-7-8-16(22)17(23)12-15)21(28)18-9-10-20(27)26(24-18)19-11-13(2)5-6-14(19)3/h5-8,11-12H,4,9-10H2,1-3H3. The first kappa shape index (κ1) is 19.7. The van der Waals surface area contributed by atoms with Crippen LogP contribution in [0, 0.1) is 25.5 Å². The molecule has 3 rings (SSSR count). The van der Waals surface area contributed by atoms with Crippen LogP contribution in [0.25, 0.3) is 0 Å². The molecule has 1 aliphatic heterocycles. The van der Waals surface area contributed by atoms with Crippen molar-refractivity contribution in [2.24, 2.45) is 5.10 Å². The van der Waals surface area contributed by atoms with Crippen molar-refractivity contribution in [2.75, 3.05) is 16.5 Å². The summed E-state index contributed by atoms with van der Waals surface area (Å²) in [6, 6.07) is 8.98. The Bertz CT molecular complexity index is 972. The number of halogens is 2. The highest BCUT2D eigenvalue weighted by Crippen LogP contribution is 2.26. The summed E-state index contributed by atoms with van der Waals surface area (Å²) in [6.45, 7) is 5.76. The highest BCUT2D eigenvalue weighted by molar-refractivity contribution is 6.44. The van der Waals surface area contributed by atoms with Gasteiger partial charge in [0, 0.05) is 31.1 Å². The van der Waals surface area contributed by atoms with E-state index in [0.29, 0.717) is 5.69 Å². The van der Waals surface area contributed by atoms with E-state index < -0.39 is 17.5 Å². The third kappa shape index (κ3) is 3.78. The Morgan fingerprint density at radius 3 is 2.54 bits per heavy atom. The molecule has 0 N–H and O–H groups in total. The second-order valence-corrected chi connectivity index (χ2v) is 6.69. The summed E-state index contributed by atoms with van der Waals surface area (Å²) in [5, 5.41) is 5.57. The van der Waals surface area contributed by atoms with E-state index >= 15 is 0 Å². The molecule has 0 unspecified atom stereocenters. The molecule has 0 spiro atoms. The van der Waals surface area contributed by atoms with E-state index in [0.717, 1.165) is 23.3 Å². The molecule has 0 saturated heterocycles. The molecule has 0 bridgehead atoms. The maximum atomic E-state index is 13.6.